The molecule has 3 rings (SSSR count). The lowest BCUT2D eigenvalue weighted by atomic mass is 10.1. The van der Waals surface area contributed by atoms with E-state index in [2.05, 4.69) is 49.8 Å². The molecule has 0 bridgehead atoms. The van der Waals surface area contributed by atoms with Gasteiger partial charge in [-0.05, 0) is 67.0 Å². The number of fused-ring (bicyclic) bond motifs is 1. The number of hydrogen-bond acceptors (Lipinski definition) is 4. The van der Waals surface area contributed by atoms with Crippen LogP contribution >= 0.6 is 0 Å². The van der Waals surface area contributed by atoms with Crippen LogP contribution in [0, 0.1) is 11.8 Å². The molecule has 0 aliphatic rings. The number of rotatable bonds is 16. The first-order valence-corrected chi connectivity index (χ1v) is 15.1. The van der Waals surface area contributed by atoms with Gasteiger partial charge in [0.25, 0.3) is 5.91 Å². The van der Waals surface area contributed by atoms with Crippen LogP contribution in [0.3, 0.4) is 0 Å². The topological polar surface area (TPSA) is 85.2 Å². The summed E-state index contributed by atoms with van der Waals surface area (Å²) in [5, 5.41) is 5.86. The smallest absolute Gasteiger partial charge is 0.410 e. The molecule has 1 aromatic heterocycles. The number of aromatic nitrogens is 2. The van der Waals surface area contributed by atoms with Crippen molar-refractivity contribution in [2.24, 2.45) is 11.8 Å². The molecule has 40 heavy (non-hydrogen) atoms. The Morgan fingerprint density at radius 1 is 0.875 bits per heavy atom. The average molecular weight is 549 g/mol. The first-order chi connectivity index (χ1) is 19.3. The predicted molar refractivity (Wildman–Crippen MR) is 163 cm³/mol. The van der Waals surface area contributed by atoms with E-state index >= 15 is 0 Å². The number of hydrogen-bond donors (Lipinski definition) is 2. The summed E-state index contributed by atoms with van der Waals surface area (Å²) in [6.07, 6.45) is 7.96. The van der Waals surface area contributed by atoms with E-state index in [1.807, 2.05) is 42.5 Å². The molecule has 0 unspecified atom stereocenters. The maximum absolute atomic E-state index is 12.7. The van der Waals surface area contributed by atoms with Gasteiger partial charge < -0.3 is 19.9 Å². The van der Waals surface area contributed by atoms with E-state index < -0.39 is 6.09 Å². The molecule has 0 atom stereocenters. The van der Waals surface area contributed by atoms with Gasteiger partial charge in [0, 0.05) is 31.6 Å². The van der Waals surface area contributed by atoms with Crippen molar-refractivity contribution in [1.82, 2.24) is 20.2 Å². The van der Waals surface area contributed by atoms with E-state index in [0.717, 1.165) is 54.6 Å². The second-order valence-electron chi connectivity index (χ2n) is 11.6. The standard InChI is InChI=1S/C33H48N4O3/c1-6-7-8-9-10-19-35-33(39)40-28-14-11-26(12-15-28)22-31-36-29-23-27(32(38)34-20-17-24(2)3)13-16-30(29)37(31)21-18-25(4)5/h11-16,23-25H,6-10,17-22H2,1-5H3,(H,34,38)(H,35,39). The van der Waals surface area contributed by atoms with Crippen molar-refractivity contribution in [3.8, 4) is 5.75 Å². The third-order valence-electron chi connectivity index (χ3n) is 7.07. The van der Waals surface area contributed by atoms with E-state index in [4.69, 9.17) is 9.72 Å². The first-order valence-electron chi connectivity index (χ1n) is 15.1. The average Bonchev–Trinajstić information content (AvgIpc) is 3.26. The summed E-state index contributed by atoms with van der Waals surface area (Å²) < 4.78 is 7.72. The number of unbranched alkanes of at least 4 members (excludes halogenated alkanes) is 4. The summed E-state index contributed by atoms with van der Waals surface area (Å²) in [5.41, 5.74) is 3.59. The molecular formula is C33H48N4O3. The third kappa shape index (κ3) is 10.00. The first kappa shape index (κ1) is 31.2. The van der Waals surface area contributed by atoms with Crippen LogP contribution in [0.15, 0.2) is 42.5 Å². The molecule has 0 saturated heterocycles. The number of imidazole rings is 1. The van der Waals surface area contributed by atoms with Crippen molar-refractivity contribution in [2.75, 3.05) is 13.1 Å². The summed E-state index contributed by atoms with van der Waals surface area (Å²) in [5.74, 6) is 2.54. The Hall–Kier alpha value is -3.35. The zero-order valence-corrected chi connectivity index (χ0v) is 25.1. The highest BCUT2D eigenvalue weighted by Crippen LogP contribution is 2.23. The van der Waals surface area contributed by atoms with Gasteiger partial charge in [0.15, 0.2) is 0 Å². The fraction of sp³-hybridized carbons (Fsp3) is 0.545. The number of benzene rings is 2. The van der Waals surface area contributed by atoms with Crippen molar-refractivity contribution in [2.45, 2.75) is 92.5 Å². The van der Waals surface area contributed by atoms with Crippen LogP contribution in [0.4, 0.5) is 4.79 Å². The fourth-order valence-corrected chi connectivity index (χ4v) is 4.59. The van der Waals surface area contributed by atoms with Crippen molar-refractivity contribution in [1.29, 1.82) is 0 Å². The van der Waals surface area contributed by atoms with Crippen LogP contribution in [0.25, 0.3) is 11.0 Å². The van der Waals surface area contributed by atoms with E-state index in [-0.39, 0.29) is 5.91 Å². The number of aryl methyl sites for hydroxylation is 1. The summed E-state index contributed by atoms with van der Waals surface area (Å²) in [4.78, 5) is 29.8. The highest BCUT2D eigenvalue weighted by atomic mass is 16.6. The maximum Gasteiger partial charge on any atom is 0.412 e. The highest BCUT2D eigenvalue weighted by Gasteiger charge is 2.15. The quantitative estimate of drug-likeness (QED) is 0.181. The van der Waals surface area contributed by atoms with Crippen LogP contribution in [-0.4, -0.2) is 34.6 Å². The van der Waals surface area contributed by atoms with Gasteiger partial charge in [-0.15, -0.1) is 0 Å². The lowest BCUT2D eigenvalue weighted by molar-refractivity contribution is 0.0952. The summed E-state index contributed by atoms with van der Waals surface area (Å²) in [6, 6.07) is 13.4. The normalized spacial score (nSPS) is 11.4. The van der Waals surface area contributed by atoms with Gasteiger partial charge >= 0.3 is 6.09 Å². The largest absolute Gasteiger partial charge is 0.412 e. The van der Waals surface area contributed by atoms with Gasteiger partial charge in [-0.1, -0.05) is 72.4 Å². The van der Waals surface area contributed by atoms with Gasteiger partial charge in [-0.25, -0.2) is 9.78 Å². The number of nitrogens with zero attached hydrogens (tertiary/aromatic N) is 2. The molecule has 0 spiro atoms. The molecule has 7 heteroatoms. The van der Waals surface area contributed by atoms with Crippen LogP contribution in [-0.2, 0) is 13.0 Å². The predicted octanol–water partition coefficient (Wildman–Crippen LogP) is 7.51. The van der Waals surface area contributed by atoms with E-state index in [1.54, 1.807) is 0 Å². The number of ether oxygens (including phenoxy) is 1. The Balaban J connectivity index is 1.67. The molecule has 2 aromatic carbocycles. The second-order valence-corrected chi connectivity index (χ2v) is 11.6. The van der Waals surface area contributed by atoms with Crippen molar-refractivity contribution >= 4 is 23.0 Å². The molecule has 7 nitrogen and oxygen atoms in total. The third-order valence-corrected chi connectivity index (χ3v) is 7.07. The van der Waals surface area contributed by atoms with Crippen molar-refractivity contribution in [3.63, 3.8) is 0 Å². The second kappa shape index (κ2) is 16.0. The fourth-order valence-electron chi connectivity index (χ4n) is 4.59. The minimum Gasteiger partial charge on any atom is -0.410 e. The summed E-state index contributed by atoms with van der Waals surface area (Å²) in [7, 11) is 0. The zero-order chi connectivity index (χ0) is 28.9. The van der Waals surface area contributed by atoms with Gasteiger partial charge in [-0.3, -0.25) is 4.79 Å². The lowest BCUT2D eigenvalue weighted by Crippen LogP contribution is -2.27. The molecule has 218 valence electrons. The Morgan fingerprint density at radius 3 is 2.30 bits per heavy atom. The highest BCUT2D eigenvalue weighted by molar-refractivity contribution is 5.97. The van der Waals surface area contributed by atoms with Crippen LogP contribution < -0.4 is 15.4 Å². The van der Waals surface area contributed by atoms with Gasteiger partial charge in [-0.2, -0.15) is 0 Å². The monoisotopic (exact) mass is 548 g/mol. The molecule has 0 aliphatic carbocycles. The van der Waals surface area contributed by atoms with Crippen molar-refractivity contribution in [3.05, 3.63) is 59.4 Å². The SMILES string of the molecule is CCCCCCCNC(=O)Oc1ccc(Cc2nc3cc(C(=O)NCCC(C)C)ccc3n2CCC(C)C)cc1. The van der Waals surface area contributed by atoms with Crippen molar-refractivity contribution < 1.29 is 14.3 Å². The van der Waals surface area contributed by atoms with E-state index in [0.29, 0.717) is 42.7 Å². The summed E-state index contributed by atoms with van der Waals surface area (Å²) >= 11 is 0. The number of carbonyl (C=O) groups excluding carboxylic acids is 2. The minimum atomic E-state index is -0.414. The van der Waals surface area contributed by atoms with Gasteiger partial charge in [0.05, 0.1) is 11.0 Å². The Kier molecular flexibility index (Phi) is 12.5. The molecule has 2 amide bonds. The molecule has 2 N–H and O–H groups in total. The minimum absolute atomic E-state index is 0.0584. The molecule has 3 aromatic rings. The molecule has 0 fully saturated rings. The Bertz CT molecular complexity index is 1210. The van der Waals surface area contributed by atoms with E-state index in [9.17, 15) is 9.59 Å². The lowest BCUT2D eigenvalue weighted by Gasteiger charge is -2.12. The Labute approximate surface area is 240 Å². The van der Waals surface area contributed by atoms with Gasteiger partial charge in [0.2, 0.25) is 0 Å². The molecule has 0 aliphatic heterocycles. The molecule has 0 radical (unpaired) electrons. The van der Waals surface area contributed by atoms with Gasteiger partial charge in [0.1, 0.15) is 11.6 Å². The molecule has 0 saturated carbocycles. The molecule has 1 heterocycles. The Morgan fingerprint density at radius 2 is 1.60 bits per heavy atom. The maximum atomic E-state index is 12.7. The van der Waals surface area contributed by atoms with Crippen LogP contribution in [0.5, 0.6) is 5.75 Å². The molecular weight excluding hydrogens is 500 g/mol. The van der Waals surface area contributed by atoms with Crippen LogP contribution in [0.1, 0.15) is 101 Å². The zero-order valence-electron chi connectivity index (χ0n) is 25.1. The van der Waals surface area contributed by atoms with E-state index in [1.165, 1.54) is 19.3 Å². The summed E-state index contributed by atoms with van der Waals surface area (Å²) in [6.45, 7) is 13.1. The number of carbonyl (C=O) groups is 2. The number of nitrogens with one attached hydrogen (secondary N) is 2. The number of amides is 2. The van der Waals surface area contributed by atoms with Crippen LogP contribution in [0.2, 0.25) is 0 Å².